The van der Waals surface area contributed by atoms with E-state index in [2.05, 4.69) is 33.0 Å². The molecule has 0 fully saturated rings. The SMILES string of the molecule is CC(C)C1=Nc2ccccc2NC2=C1C(=O)CC(C)(C)C2. The lowest BCUT2D eigenvalue weighted by atomic mass is 9.74. The number of ketones is 1. The summed E-state index contributed by atoms with van der Waals surface area (Å²) in [5.41, 5.74) is 4.69. The van der Waals surface area contributed by atoms with Crippen LogP contribution in [-0.4, -0.2) is 11.5 Å². The van der Waals surface area contributed by atoms with Gasteiger partial charge in [-0.3, -0.25) is 9.79 Å². The lowest BCUT2D eigenvalue weighted by Gasteiger charge is -2.32. The molecule has 110 valence electrons. The molecule has 0 saturated heterocycles. The summed E-state index contributed by atoms with van der Waals surface area (Å²) in [6, 6.07) is 8.01. The van der Waals surface area contributed by atoms with Gasteiger partial charge in [0.2, 0.25) is 0 Å². The molecular formula is C18H22N2O. The van der Waals surface area contributed by atoms with Crippen LogP contribution in [0, 0.1) is 11.3 Å². The first-order valence-electron chi connectivity index (χ1n) is 7.59. The number of fused-ring (bicyclic) bond motifs is 1. The Balaban J connectivity index is 2.20. The molecule has 1 aliphatic heterocycles. The van der Waals surface area contributed by atoms with Crippen molar-refractivity contribution in [2.75, 3.05) is 5.32 Å². The zero-order chi connectivity index (χ0) is 15.2. The lowest BCUT2D eigenvalue weighted by Crippen LogP contribution is -2.32. The molecular weight excluding hydrogens is 260 g/mol. The first-order valence-corrected chi connectivity index (χ1v) is 7.59. The maximum atomic E-state index is 12.7. The molecule has 0 radical (unpaired) electrons. The minimum atomic E-state index is 0.00426. The normalized spacial score (nSPS) is 20.4. The molecule has 0 bridgehead atoms. The number of para-hydroxylation sites is 2. The fourth-order valence-electron chi connectivity index (χ4n) is 3.17. The minimum Gasteiger partial charge on any atom is -0.356 e. The molecule has 21 heavy (non-hydrogen) atoms. The van der Waals surface area contributed by atoms with Gasteiger partial charge in [0.15, 0.2) is 5.78 Å². The van der Waals surface area contributed by atoms with Gasteiger partial charge in [-0.05, 0) is 29.9 Å². The highest BCUT2D eigenvalue weighted by Crippen LogP contribution is 2.41. The number of aliphatic imine (C=N–C) groups is 1. The van der Waals surface area contributed by atoms with Crippen LogP contribution in [-0.2, 0) is 4.79 Å². The topological polar surface area (TPSA) is 41.5 Å². The number of nitrogens with one attached hydrogen (secondary N) is 1. The predicted octanol–water partition coefficient (Wildman–Crippen LogP) is 4.48. The van der Waals surface area contributed by atoms with Gasteiger partial charge < -0.3 is 5.32 Å². The van der Waals surface area contributed by atoms with E-state index in [1.165, 1.54) is 0 Å². The summed E-state index contributed by atoms with van der Waals surface area (Å²) in [7, 11) is 0. The Morgan fingerprint density at radius 2 is 1.90 bits per heavy atom. The van der Waals surface area contributed by atoms with Crippen molar-refractivity contribution < 1.29 is 4.79 Å². The maximum Gasteiger partial charge on any atom is 0.167 e. The lowest BCUT2D eigenvalue weighted by molar-refractivity contribution is -0.117. The number of allylic oxidation sites excluding steroid dienone is 2. The summed E-state index contributed by atoms with van der Waals surface area (Å²) in [4.78, 5) is 17.5. The fourth-order valence-corrected chi connectivity index (χ4v) is 3.17. The maximum absolute atomic E-state index is 12.7. The smallest absolute Gasteiger partial charge is 0.167 e. The zero-order valence-electron chi connectivity index (χ0n) is 13.2. The van der Waals surface area contributed by atoms with E-state index in [4.69, 9.17) is 4.99 Å². The molecule has 3 rings (SSSR count). The third-order valence-corrected chi connectivity index (χ3v) is 4.11. The van der Waals surface area contributed by atoms with Crippen molar-refractivity contribution in [1.29, 1.82) is 0 Å². The molecule has 2 aliphatic rings. The number of hydrogen-bond acceptors (Lipinski definition) is 3. The summed E-state index contributed by atoms with van der Waals surface area (Å²) in [5.74, 6) is 0.446. The molecule has 1 aromatic carbocycles. The van der Waals surface area contributed by atoms with Crippen LogP contribution in [0.3, 0.4) is 0 Å². The summed E-state index contributed by atoms with van der Waals surface area (Å²) in [6.07, 6.45) is 1.48. The minimum absolute atomic E-state index is 0.00426. The number of nitrogens with zero attached hydrogens (tertiary/aromatic N) is 1. The van der Waals surface area contributed by atoms with E-state index in [0.29, 0.717) is 6.42 Å². The van der Waals surface area contributed by atoms with Gasteiger partial charge in [-0.1, -0.05) is 39.8 Å². The first-order chi connectivity index (χ1) is 9.87. The van der Waals surface area contributed by atoms with E-state index in [1.54, 1.807) is 0 Å². The number of anilines is 1. The molecule has 0 spiro atoms. The van der Waals surface area contributed by atoms with Gasteiger partial charge in [0, 0.05) is 12.1 Å². The molecule has 0 aromatic heterocycles. The zero-order valence-corrected chi connectivity index (χ0v) is 13.2. The van der Waals surface area contributed by atoms with Crippen LogP contribution in [0.25, 0.3) is 0 Å². The van der Waals surface area contributed by atoms with Crippen molar-refractivity contribution in [2.24, 2.45) is 16.3 Å². The molecule has 0 unspecified atom stereocenters. The van der Waals surface area contributed by atoms with E-state index >= 15 is 0 Å². The molecule has 1 heterocycles. The fraction of sp³-hybridized carbons (Fsp3) is 0.444. The van der Waals surface area contributed by atoms with Gasteiger partial charge in [0.1, 0.15) is 0 Å². The highest BCUT2D eigenvalue weighted by atomic mass is 16.1. The van der Waals surface area contributed by atoms with Crippen LogP contribution in [0.5, 0.6) is 0 Å². The van der Waals surface area contributed by atoms with E-state index in [9.17, 15) is 4.79 Å². The number of hydrogen-bond donors (Lipinski definition) is 1. The standard InChI is InChI=1S/C18H22N2O/c1-11(2)17-16-14(9-18(3,4)10-15(16)21)19-12-7-5-6-8-13(12)20-17/h5-8,11,19H,9-10H2,1-4H3. The van der Waals surface area contributed by atoms with Crippen LogP contribution in [0.1, 0.15) is 40.5 Å². The molecule has 1 aliphatic carbocycles. The van der Waals surface area contributed by atoms with Gasteiger partial charge in [-0.2, -0.15) is 0 Å². The van der Waals surface area contributed by atoms with E-state index < -0.39 is 0 Å². The first kappa shape index (κ1) is 14.1. The Labute approximate surface area is 126 Å². The molecule has 0 saturated carbocycles. The third kappa shape index (κ3) is 2.53. The van der Waals surface area contributed by atoms with Crippen molar-refractivity contribution in [3.05, 3.63) is 35.5 Å². The Morgan fingerprint density at radius 3 is 2.62 bits per heavy atom. The number of rotatable bonds is 1. The summed E-state index contributed by atoms with van der Waals surface area (Å²) >= 11 is 0. The molecule has 0 amide bonds. The van der Waals surface area contributed by atoms with Gasteiger partial charge in [-0.15, -0.1) is 0 Å². The highest BCUT2D eigenvalue weighted by Gasteiger charge is 2.36. The second-order valence-electron chi connectivity index (χ2n) is 7.09. The third-order valence-electron chi connectivity index (χ3n) is 4.11. The number of benzene rings is 1. The van der Waals surface area contributed by atoms with Crippen molar-refractivity contribution in [1.82, 2.24) is 0 Å². The van der Waals surface area contributed by atoms with Crippen molar-refractivity contribution in [3.63, 3.8) is 0 Å². The Kier molecular flexibility index (Phi) is 3.23. The average molecular weight is 282 g/mol. The van der Waals surface area contributed by atoms with Gasteiger partial charge >= 0.3 is 0 Å². The molecule has 3 heteroatoms. The van der Waals surface area contributed by atoms with Crippen molar-refractivity contribution >= 4 is 22.9 Å². The largest absolute Gasteiger partial charge is 0.356 e. The number of carbonyl (C=O) groups is 1. The number of Topliss-reactive ketones (excluding diaryl/α,β-unsaturated/α-hetero) is 1. The van der Waals surface area contributed by atoms with E-state index in [-0.39, 0.29) is 17.1 Å². The molecule has 0 atom stereocenters. The highest BCUT2D eigenvalue weighted by molar-refractivity contribution is 6.25. The second-order valence-corrected chi connectivity index (χ2v) is 7.09. The second kappa shape index (κ2) is 4.83. The monoisotopic (exact) mass is 282 g/mol. The molecule has 3 nitrogen and oxygen atoms in total. The average Bonchev–Trinajstić information content (AvgIpc) is 2.53. The summed E-state index contributed by atoms with van der Waals surface area (Å²) in [5, 5.41) is 3.48. The Bertz CT molecular complexity index is 666. The van der Waals surface area contributed by atoms with Crippen LogP contribution in [0.15, 0.2) is 40.5 Å². The van der Waals surface area contributed by atoms with Crippen LogP contribution in [0.4, 0.5) is 11.4 Å². The van der Waals surface area contributed by atoms with Gasteiger partial charge in [-0.25, -0.2) is 0 Å². The summed E-state index contributed by atoms with van der Waals surface area (Å²) in [6.45, 7) is 8.51. The van der Waals surface area contributed by atoms with Gasteiger partial charge in [0.05, 0.1) is 22.7 Å². The molecule has 1 N–H and O–H groups in total. The van der Waals surface area contributed by atoms with E-state index in [1.807, 2.05) is 24.3 Å². The van der Waals surface area contributed by atoms with Crippen molar-refractivity contribution in [3.8, 4) is 0 Å². The Hall–Kier alpha value is -1.90. The van der Waals surface area contributed by atoms with Gasteiger partial charge in [0.25, 0.3) is 0 Å². The molecule has 1 aromatic rings. The van der Waals surface area contributed by atoms with Crippen LogP contribution < -0.4 is 5.32 Å². The number of carbonyl (C=O) groups excluding carboxylic acids is 1. The van der Waals surface area contributed by atoms with E-state index in [0.717, 1.165) is 34.8 Å². The van der Waals surface area contributed by atoms with Crippen LogP contribution >= 0.6 is 0 Å². The Morgan fingerprint density at radius 1 is 1.19 bits per heavy atom. The quantitative estimate of drug-likeness (QED) is 0.825. The van der Waals surface area contributed by atoms with Crippen molar-refractivity contribution in [2.45, 2.75) is 40.5 Å². The van der Waals surface area contributed by atoms with Crippen LogP contribution in [0.2, 0.25) is 0 Å². The predicted molar refractivity (Wildman–Crippen MR) is 87.0 cm³/mol. The summed E-state index contributed by atoms with van der Waals surface area (Å²) < 4.78 is 0.